The Hall–Kier alpha value is -2.10. The van der Waals surface area contributed by atoms with Gasteiger partial charge in [0.05, 0.1) is 0 Å². The topological polar surface area (TPSA) is 42.2 Å². The molecule has 0 radical (unpaired) electrons. The van der Waals surface area contributed by atoms with Crippen LogP contribution in [0, 0.1) is 11.8 Å². The molecule has 3 heterocycles. The maximum atomic E-state index is 6.04. The monoisotopic (exact) mass is 281 g/mol. The van der Waals surface area contributed by atoms with Crippen LogP contribution in [-0.4, -0.2) is 23.1 Å². The lowest BCUT2D eigenvalue weighted by Crippen LogP contribution is -2.39. The van der Waals surface area contributed by atoms with Crippen molar-refractivity contribution in [3.63, 3.8) is 0 Å². The van der Waals surface area contributed by atoms with Crippen LogP contribution < -0.4 is 4.90 Å². The van der Waals surface area contributed by atoms with Gasteiger partial charge in [-0.2, -0.15) is 0 Å². The second kappa shape index (κ2) is 4.72. The second-order valence-electron chi connectivity index (χ2n) is 6.32. The average Bonchev–Trinajstić information content (AvgIpc) is 2.84. The van der Waals surface area contributed by atoms with Crippen molar-refractivity contribution in [2.45, 2.75) is 20.3 Å². The van der Waals surface area contributed by atoms with Crippen LogP contribution in [0.2, 0.25) is 0 Å². The molecule has 1 aliphatic rings. The van der Waals surface area contributed by atoms with Gasteiger partial charge in [-0.15, -0.1) is 0 Å². The lowest BCUT2D eigenvalue weighted by molar-refractivity contribution is 0.355. The summed E-state index contributed by atoms with van der Waals surface area (Å²) in [7, 11) is 0. The summed E-state index contributed by atoms with van der Waals surface area (Å²) in [5.41, 5.74) is 2.62. The van der Waals surface area contributed by atoms with Gasteiger partial charge in [0.15, 0.2) is 11.4 Å². The largest absolute Gasteiger partial charge is 0.450 e. The first-order chi connectivity index (χ1) is 10.2. The van der Waals surface area contributed by atoms with E-state index in [-0.39, 0.29) is 0 Å². The maximum Gasteiger partial charge on any atom is 0.196 e. The van der Waals surface area contributed by atoms with Crippen LogP contribution in [0.4, 0.5) is 5.82 Å². The zero-order chi connectivity index (χ0) is 14.4. The highest BCUT2D eigenvalue weighted by Gasteiger charge is 2.25. The van der Waals surface area contributed by atoms with Gasteiger partial charge in [-0.1, -0.05) is 26.0 Å². The molecular weight excluding hydrogens is 262 g/mol. The molecule has 4 nitrogen and oxygen atoms in total. The quantitative estimate of drug-likeness (QED) is 0.679. The third-order valence-electron chi connectivity index (χ3n) is 4.31. The molecule has 4 heteroatoms. The predicted octanol–water partition coefficient (Wildman–Crippen LogP) is 3.86. The molecule has 4 rings (SSSR count). The van der Waals surface area contributed by atoms with Gasteiger partial charge in [-0.3, -0.25) is 0 Å². The fourth-order valence-electron chi connectivity index (χ4n) is 3.57. The summed E-state index contributed by atoms with van der Waals surface area (Å²) in [6.45, 7) is 6.68. The molecule has 2 atom stereocenters. The predicted molar refractivity (Wildman–Crippen MR) is 84.5 cm³/mol. The van der Waals surface area contributed by atoms with Crippen LogP contribution in [0.5, 0.6) is 0 Å². The summed E-state index contributed by atoms with van der Waals surface area (Å²) < 4.78 is 6.04. The first-order valence-electron chi connectivity index (χ1n) is 7.59. The summed E-state index contributed by atoms with van der Waals surface area (Å²) in [6, 6.07) is 8.05. The molecule has 1 saturated heterocycles. The molecule has 0 saturated carbocycles. The molecule has 108 valence electrons. The lowest BCUT2D eigenvalue weighted by Gasteiger charge is -2.35. The minimum atomic E-state index is 0.683. The number of benzene rings is 1. The molecule has 0 N–H and O–H groups in total. The highest BCUT2D eigenvalue weighted by molar-refractivity contribution is 6.05. The van der Waals surface area contributed by atoms with Crippen molar-refractivity contribution in [2.24, 2.45) is 11.8 Å². The molecule has 2 aromatic heterocycles. The number of hydrogen-bond acceptors (Lipinski definition) is 4. The molecule has 0 unspecified atom stereocenters. The van der Waals surface area contributed by atoms with E-state index in [9.17, 15) is 0 Å². The van der Waals surface area contributed by atoms with Crippen LogP contribution in [0.25, 0.3) is 22.1 Å². The van der Waals surface area contributed by atoms with Gasteiger partial charge in [-0.25, -0.2) is 9.97 Å². The number of para-hydroxylation sites is 1. The van der Waals surface area contributed by atoms with E-state index in [1.807, 2.05) is 18.2 Å². The van der Waals surface area contributed by atoms with Crippen LogP contribution in [0.15, 0.2) is 35.0 Å². The van der Waals surface area contributed by atoms with Crippen LogP contribution in [0.1, 0.15) is 20.3 Å². The Morgan fingerprint density at radius 1 is 1.10 bits per heavy atom. The Labute approximate surface area is 123 Å². The number of anilines is 1. The fraction of sp³-hybridized carbons (Fsp3) is 0.412. The number of furan rings is 1. The summed E-state index contributed by atoms with van der Waals surface area (Å²) in [5, 5.41) is 1.06. The highest BCUT2D eigenvalue weighted by atomic mass is 16.3. The van der Waals surface area contributed by atoms with Crippen molar-refractivity contribution in [1.29, 1.82) is 0 Å². The van der Waals surface area contributed by atoms with Gasteiger partial charge in [0.2, 0.25) is 0 Å². The number of nitrogens with zero attached hydrogens (tertiary/aromatic N) is 3. The van der Waals surface area contributed by atoms with E-state index >= 15 is 0 Å². The Morgan fingerprint density at radius 2 is 1.86 bits per heavy atom. The fourth-order valence-corrected chi connectivity index (χ4v) is 3.57. The molecule has 0 spiro atoms. The van der Waals surface area contributed by atoms with Crippen molar-refractivity contribution in [2.75, 3.05) is 18.0 Å². The SMILES string of the molecule is C[C@H]1C[C@H](C)CN(c2ncnc3c2oc2ccccc23)C1. The van der Waals surface area contributed by atoms with Crippen molar-refractivity contribution < 1.29 is 4.42 Å². The lowest BCUT2D eigenvalue weighted by atomic mass is 9.92. The van der Waals surface area contributed by atoms with Gasteiger partial charge in [0, 0.05) is 18.5 Å². The van der Waals surface area contributed by atoms with Gasteiger partial charge in [0.25, 0.3) is 0 Å². The summed E-state index contributed by atoms with van der Waals surface area (Å²) in [4.78, 5) is 11.3. The standard InChI is InChI=1S/C17H19N3O/c1-11-7-12(2)9-20(8-11)17-16-15(18-10-19-17)13-5-3-4-6-14(13)21-16/h3-6,10-12H,7-9H2,1-2H3/t11-,12-/m0/s1. The molecule has 21 heavy (non-hydrogen) atoms. The normalized spacial score (nSPS) is 23.0. The number of piperidine rings is 1. The number of rotatable bonds is 1. The molecular formula is C17H19N3O. The number of hydrogen-bond donors (Lipinski definition) is 0. The summed E-state index contributed by atoms with van der Waals surface area (Å²) in [5.74, 6) is 2.31. The minimum Gasteiger partial charge on any atom is -0.450 e. The zero-order valence-corrected chi connectivity index (χ0v) is 12.4. The minimum absolute atomic E-state index is 0.683. The first kappa shape index (κ1) is 12.6. The van der Waals surface area contributed by atoms with Crippen LogP contribution in [-0.2, 0) is 0 Å². The smallest absolute Gasteiger partial charge is 0.196 e. The number of fused-ring (bicyclic) bond motifs is 3. The molecule has 1 aliphatic heterocycles. The second-order valence-corrected chi connectivity index (χ2v) is 6.32. The third-order valence-corrected chi connectivity index (χ3v) is 4.31. The average molecular weight is 281 g/mol. The Morgan fingerprint density at radius 3 is 2.67 bits per heavy atom. The van der Waals surface area contributed by atoms with Crippen molar-refractivity contribution in [1.82, 2.24) is 9.97 Å². The molecule has 0 amide bonds. The van der Waals surface area contributed by atoms with Crippen LogP contribution >= 0.6 is 0 Å². The van der Waals surface area contributed by atoms with Crippen molar-refractivity contribution in [3.8, 4) is 0 Å². The number of aromatic nitrogens is 2. The van der Waals surface area contributed by atoms with Gasteiger partial charge >= 0.3 is 0 Å². The van der Waals surface area contributed by atoms with E-state index < -0.39 is 0 Å². The van der Waals surface area contributed by atoms with E-state index in [0.29, 0.717) is 11.8 Å². The van der Waals surface area contributed by atoms with E-state index in [2.05, 4.69) is 34.8 Å². The van der Waals surface area contributed by atoms with Gasteiger partial charge in [0.1, 0.15) is 17.4 Å². The highest BCUT2D eigenvalue weighted by Crippen LogP contribution is 2.34. The molecule has 1 fully saturated rings. The van der Waals surface area contributed by atoms with Gasteiger partial charge < -0.3 is 9.32 Å². The molecule has 0 bridgehead atoms. The van der Waals surface area contributed by atoms with E-state index in [4.69, 9.17) is 4.42 Å². The Balaban J connectivity index is 1.88. The van der Waals surface area contributed by atoms with Crippen molar-refractivity contribution in [3.05, 3.63) is 30.6 Å². The van der Waals surface area contributed by atoms with E-state index in [0.717, 1.165) is 41.0 Å². The van der Waals surface area contributed by atoms with Crippen molar-refractivity contribution >= 4 is 27.9 Å². The first-order valence-corrected chi connectivity index (χ1v) is 7.59. The third kappa shape index (κ3) is 2.06. The summed E-state index contributed by atoms with van der Waals surface area (Å²) in [6.07, 6.45) is 2.94. The van der Waals surface area contributed by atoms with Gasteiger partial charge in [-0.05, 0) is 30.4 Å². The maximum absolute atomic E-state index is 6.04. The summed E-state index contributed by atoms with van der Waals surface area (Å²) >= 11 is 0. The van der Waals surface area contributed by atoms with Crippen LogP contribution in [0.3, 0.4) is 0 Å². The Kier molecular flexibility index (Phi) is 2.84. The molecule has 1 aromatic carbocycles. The zero-order valence-electron chi connectivity index (χ0n) is 12.4. The van der Waals surface area contributed by atoms with E-state index in [1.54, 1.807) is 6.33 Å². The Bertz CT molecular complexity index is 785. The molecule has 3 aromatic rings. The van der Waals surface area contributed by atoms with E-state index in [1.165, 1.54) is 6.42 Å². The molecule has 0 aliphatic carbocycles.